The minimum absolute atomic E-state index is 0.223. The van der Waals surface area contributed by atoms with E-state index in [1.54, 1.807) is 32.9 Å². The van der Waals surface area contributed by atoms with E-state index in [-0.39, 0.29) is 12.2 Å². The molecule has 130 valence electrons. The molecule has 2 rings (SSSR count). The van der Waals surface area contributed by atoms with Gasteiger partial charge in [0.15, 0.2) is 6.10 Å². The van der Waals surface area contributed by atoms with Gasteiger partial charge in [-0.1, -0.05) is 0 Å². The highest BCUT2D eigenvalue weighted by atomic mass is 16.5. The van der Waals surface area contributed by atoms with Crippen LogP contribution < -0.4 is 5.32 Å². The maximum Gasteiger partial charge on any atom is 0.355 e. The fourth-order valence-electron chi connectivity index (χ4n) is 2.60. The molecule has 2 aromatic heterocycles. The average molecular weight is 334 g/mol. The van der Waals surface area contributed by atoms with Crippen molar-refractivity contribution in [1.82, 2.24) is 10.3 Å². The summed E-state index contributed by atoms with van der Waals surface area (Å²) in [4.78, 5) is 27.2. The molecule has 0 bridgehead atoms. The summed E-state index contributed by atoms with van der Waals surface area (Å²) in [5, 5.41) is 12.4. The summed E-state index contributed by atoms with van der Waals surface area (Å²) >= 11 is 0. The highest BCUT2D eigenvalue weighted by molar-refractivity contribution is 5.92. The number of hydrogen-bond acceptors (Lipinski definition) is 5. The molecule has 7 heteroatoms. The number of carbonyl (C=O) groups is 2. The summed E-state index contributed by atoms with van der Waals surface area (Å²) in [5.41, 5.74) is 2.23. The Balaban J connectivity index is 1.98. The summed E-state index contributed by atoms with van der Waals surface area (Å²) in [5.74, 6) is -0.445. The van der Waals surface area contributed by atoms with Gasteiger partial charge in [-0.3, -0.25) is 4.79 Å². The van der Waals surface area contributed by atoms with Gasteiger partial charge in [0.25, 0.3) is 5.91 Å². The molecule has 2 heterocycles. The molecule has 0 unspecified atom stereocenters. The molecular weight excluding hydrogens is 312 g/mol. The molecule has 0 aliphatic rings. The van der Waals surface area contributed by atoms with Crippen molar-refractivity contribution in [3.8, 4) is 0 Å². The number of H-pyrrole nitrogens is 1. The minimum Gasteiger partial charge on any atom is -0.467 e. The molecule has 0 aliphatic heterocycles. The van der Waals surface area contributed by atoms with Gasteiger partial charge in [0.1, 0.15) is 11.5 Å². The van der Waals surface area contributed by atoms with Crippen LogP contribution in [0.25, 0.3) is 0 Å². The normalized spacial score (nSPS) is 13.4. The molecule has 0 aromatic carbocycles. The number of carbonyl (C=O) groups excluding carboxylic acids is 2. The Morgan fingerprint density at radius 3 is 2.62 bits per heavy atom. The second kappa shape index (κ2) is 7.35. The summed E-state index contributed by atoms with van der Waals surface area (Å²) in [7, 11) is 0. The van der Waals surface area contributed by atoms with Gasteiger partial charge in [0.05, 0.1) is 18.9 Å². The van der Waals surface area contributed by atoms with E-state index in [1.165, 1.54) is 13.2 Å². The number of ether oxygens (including phenoxy) is 1. The molecule has 0 aliphatic carbocycles. The molecule has 0 saturated carbocycles. The number of rotatable bonds is 6. The summed E-state index contributed by atoms with van der Waals surface area (Å²) in [6.45, 7) is 6.84. The van der Waals surface area contributed by atoms with Crippen LogP contribution in [0, 0.1) is 13.8 Å². The monoisotopic (exact) mass is 334 g/mol. The predicted molar refractivity (Wildman–Crippen MR) is 86.3 cm³/mol. The molecule has 2 atom stereocenters. The first-order chi connectivity index (χ1) is 11.3. The molecular formula is C17H22N2O5. The molecule has 2 aromatic rings. The fourth-order valence-corrected chi connectivity index (χ4v) is 2.60. The van der Waals surface area contributed by atoms with E-state index in [0.29, 0.717) is 22.6 Å². The van der Waals surface area contributed by atoms with Crippen molar-refractivity contribution < 1.29 is 23.8 Å². The lowest BCUT2D eigenvalue weighted by Crippen LogP contribution is -2.35. The van der Waals surface area contributed by atoms with Crippen molar-refractivity contribution in [2.75, 3.05) is 0 Å². The van der Waals surface area contributed by atoms with Crippen LogP contribution in [0.15, 0.2) is 22.8 Å². The van der Waals surface area contributed by atoms with Crippen molar-refractivity contribution in [2.24, 2.45) is 0 Å². The average Bonchev–Trinajstić information content (AvgIpc) is 3.12. The van der Waals surface area contributed by atoms with Gasteiger partial charge in [-0.25, -0.2) is 4.79 Å². The quantitative estimate of drug-likeness (QED) is 0.702. The number of nitrogens with one attached hydrogen (secondary N) is 2. The van der Waals surface area contributed by atoms with Crippen molar-refractivity contribution >= 4 is 11.9 Å². The third-order valence-electron chi connectivity index (χ3n) is 3.79. The second-order valence-electron chi connectivity index (χ2n) is 5.68. The van der Waals surface area contributed by atoms with E-state index in [9.17, 15) is 14.7 Å². The van der Waals surface area contributed by atoms with E-state index < -0.39 is 24.1 Å². The number of aromatic nitrogens is 1. The Hall–Kier alpha value is -2.54. The first-order valence-electron chi connectivity index (χ1n) is 7.69. The lowest BCUT2D eigenvalue weighted by atomic mass is 10.1. The van der Waals surface area contributed by atoms with Crippen molar-refractivity contribution in [3.05, 3.63) is 46.7 Å². The van der Waals surface area contributed by atoms with Crippen molar-refractivity contribution in [1.29, 1.82) is 0 Å². The zero-order valence-electron chi connectivity index (χ0n) is 14.2. The summed E-state index contributed by atoms with van der Waals surface area (Å²) in [6, 6.07) is 3.46. The number of aromatic amines is 1. The van der Waals surface area contributed by atoms with E-state index >= 15 is 0 Å². The van der Waals surface area contributed by atoms with Gasteiger partial charge in [-0.2, -0.15) is 0 Å². The SMILES string of the molecule is Cc1[nH]c(C(=O)O[C@H](C)C(=O)NCc2ccco2)c(C)c1[C@H](C)O. The number of hydrogen-bond donors (Lipinski definition) is 3. The topological polar surface area (TPSA) is 105 Å². The summed E-state index contributed by atoms with van der Waals surface area (Å²) in [6.07, 6.45) is -0.136. The number of amides is 1. The molecule has 0 radical (unpaired) electrons. The minimum atomic E-state index is -0.953. The number of aryl methyl sites for hydroxylation is 1. The Bertz CT molecular complexity index is 716. The van der Waals surface area contributed by atoms with Gasteiger partial charge < -0.3 is 24.6 Å². The maximum absolute atomic E-state index is 12.3. The third kappa shape index (κ3) is 3.86. The lowest BCUT2D eigenvalue weighted by molar-refractivity contribution is -0.129. The molecule has 3 N–H and O–H groups in total. The highest BCUT2D eigenvalue weighted by Crippen LogP contribution is 2.25. The van der Waals surface area contributed by atoms with Gasteiger partial charge in [-0.15, -0.1) is 0 Å². The Morgan fingerprint density at radius 2 is 2.08 bits per heavy atom. The van der Waals surface area contributed by atoms with Crippen LogP contribution in [0.1, 0.15) is 53.0 Å². The van der Waals surface area contributed by atoms with E-state index in [2.05, 4.69) is 10.3 Å². The maximum atomic E-state index is 12.3. The Kier molecular flexibility index (Phi) is 5.46. The number of furan rings is 1. The smallest absolute Gasteiger partial charge is 0.355 e. The molecule has 7 nitrogen and oxygen atoms in total. The van der Waals surface area contributed by atoms with Crippen LogP contribution in [0.3, 0.4) is 0 Å². The standard InChI is InChI=1S/C17H22N2O5/c1-9-14(11(3)20)10(2)19-15(9)17(22)24-12(4)16(21)18-8-13-6-5-7-23-13/h5-7,11-12,19-20H,8H2,1-4H3,(H,18,21)/t11-,12+/m0/s1. The first-order valence-corrected chi connectivity index (χ1v) is 7.69. The van der Waals surface area contributed by atoms with Gasteiger partial charge in [0, 0.05) is 11.3 Å². The van der Waals surface area contributed by atoms with Crippen LogP contribution in [0.4, 0.5) is 0 Å². The van der Waals surface area contributed by atoms with Gasteiger partial charge in [-0.05, 0) is 45.4 Å². The zero-order valence-corrected chi connectivity index (χ0v) is 14.2. The number of esters is 1. The van der Waals surface area contributed by atoms with Crippen molar-refractivity contribution in [2.45, 2.75) is 46.4 Å². The zero-order chi connectivity index (χ0) is 17.9. The second-order valence-corrected chi connectivity index (χ2v) is 5.68. The molecule has 0 fully saturated rings. The van der Waals surface area contributed by atoms with Crippen molar-refractivity contribution in [3.63, 3.8) is 0 Å². The third-order valence-corrected chi connectivity index (χ3v) is 3.79. The fraction of sp³-hybridized carbons (Fsp3) is 0.412. The molecule has 0 saturated heterocycles. The first kappa shape index (κ1) is 17.8. The lowest BCUT2D eigenvalue weighted by Gasteiger charge is -2.13. The van der Waals surface area contributed by atoms with E-state index in [1.807, 2.05) is 0 Å². The van der Waals surface area contributed by atoms with Gasteiger partial charge in [0.2, 0.25) is 0 Å². The van der Waals surface area contributed by atoms with Gasteiger partial charge >= 0.3 is 5.97 Å². The molecule has 0 spiro atoms. The van der Waals surface area contributed by atoms with Crippen LogP contribution in [0.5, 0.6) is 0 Å². The number of aliphatic hydroxyl groups excluding tert-OH is 1. The van der Waals surface area contributed by atoms with Crippen LogP contribution in [-0.2, 0) is 16.1 Å². The highest BCUT2D eigenvalue weighted by Gasteiger charge is 2.24. The summed E-state index contributed by atoms with van der Waals surface area (Å²) < 4.78 is 10.3. The largest absolute Gasteiger partial charge is 0.467 e. The Morgan fingerprint density at radius 1 is 1.38 bits per heavy atom. The molecule has 24 heavy (non-hydrogen) atoms. The van der Waals surface area contributed by atoms with Crippen LogP contribution >= 0.6 is 0 Å². The van der Waals surface area contributed by atoms with E-state index in [0.717, 1.165) is 0 Å². The Labute approximate surface area is 140 Å². The number of aliphatic hydroxyl groups is 1. The van der Waals surface area contributed by atoms with Crippen LogP contribution in [0.2, 0.25) is 0 Å². The van der Waals surface area contributed by atoms with Crippen LogP contribution in [-0.4, -0.2) is 28.1 Å². The molecule has 1 amide bonds. The predicted octanol–water partition coefficient (Wildman–Crippen LogP) is 2.14. The van der Waals surface area contributed by atoms with E-state index in [4.69, 9.17) is 9.15 Å².